The molecular weight excluding hydrogens is 264 g/mol. The van der Waals surface area contributed by atoms with E-state index in [0.29, 0.717) is 0 Å². The Hall–Kier alpha value is -1.26. The lowest BCUT2D eigenvalue weighted by Crippen LogP contribution is -2.52. The van der Waals surface area contributed by atoms with Gasteiger partial charge in [-0.1, -0.05) is 26.0 Å². The largest absolute Gasteiger partial charge is 0.495 e. The Kier molecular flexibility index (Phi) is 5.12. The minimum atomic E-state index is -0.618. The summed E-state index contributed by atoms with van der Waals surface area (Å²) in [6.07, 6.45) is 0. The molecule has 4 heteroatoms. The Morgan fingerprint density at radius 3 is 2.38 bits per heavy atom. The summed E-state index contributed by atoms with van der Waals surface area (Å²) in [5, 5.41) is 10.4. The number of nitrogens with zero attached hydrogens (tertiary/aromatic N) is 2. The van der Waals surface area contributed by atoms with Crippen molar-refractivity contribution in [3.8, 4) is 5.75 Å². The van der Waals surface area contributed by atoms with Gasteiger partial charge in [-0.25, -0.2) is 0 Å². The van der Waals surface area contributed by atoms with E-state index < -0.39 is 5.60 Å². The van der Waals surface area contributed by atoms with Crippen molar-refractivity contribution in [3.63, 3.8) is 0 Å². The third-order valence-corrected chi connectivity index (χ3v) is 4.59. The molecule has 0 saturated carbocycles. The summed E-state index contributed by atoms with van der Waals surface area (Å²) in [4.78, 5) is 4.71. The summed E-state index contributed by atoms with van der Waals surface area (Å²) in [5.41, 5.74) is 0.544. The van der Waals surface area contributed by atoms with Gasteiger partial charge in [0.2, 0.25) is 0 Å². The fourth-order valence-electron chi connectivity index (χ4n) is 2.67. The first-order chi connectivity index (χ1) is 9.94. The van der Waals surface area contributed by atoms with E-state index in [1.165, 1.54) is 0 Å². The molecule has 0 bridgehead atoms. The third kappa shape index (κ3) is 3.89. The molecule has 0 radical (unpaired) electrons. The minimum Gasteiger partial charge on any atom is -0.495 e. The van der Waals surface area contributed by atoms with Crippen LogP contribution >= 0.6 is 0 Å². The minimum absolute atomic E-state index is 0.268. The summed E-state index contributed by atoms with van der Waals surface area (Å²) in [6, 6.07) is 8.16. The average Bonchev–Trinajstić information content (AvgIpc) is 2.47. The van der Waals surface area contributed by atoms with Crippen LogP contribution in [0.2, 0.25) is 0 Å². The fraction of sp³-hybridized carbons (Fsp3) is 0.647. The first kappa shape index (κ1) is 16.1. The molecule has 0 amide bonds. The highest BCUT2D eigenvalue weighted by molar-refractivity contribution is 5.58. The second kappa shape index (κ2) is 6.67. The summed E-state index contributed by atoms with van der Waals surface area (Å²) < 4.78 is 5.44. The number of anilines is 1. The highest BCUT2D eigenvalue weighted by atomic mass is 16.5. The van der Waals surface area contributed by atoms with Crippen molar-refractivity contribution in [3.05, 3.63) is 24.3 Å². The standard InChI is InChI=1S/C17H28N2O2/c1-14(2)17(3,20)13-18-9-11-19(12-10-18)15-7-5-6-8-16(15)21-4/h5-8,14,20H,9-13H2,1-4H3. The Labute approximate surface area is 128 Å². The molecule has 1 atom stereocenters. The van der Waals surface area contributed by atoms with Gasteiger partial charge < -0.3 is 14.7 Å². The molecule has 1 N–H and O–H groups in total. The SMILES string of the molecule is COc1ccccc1N1CCN(CC(C)(O)C(C)C)CC1. The van der Waals surface area contributed by atoms with E-state index in [-0.39, 0.29) is 5.92 Å². The van der Waals surface area contributed by atoms with Gasteiger partial charge in [-0.3, -0.25) is 4.90 Å². The van der Waals surface area contributed by atoms with Crippen LogP contribution in [0.4, 0.5) is 5.69 Å². The van der Waals surface area contributed by atoms with Crippen LogP contribution in [0.5, 0.6) is 5.75 Å². The van der Waals surface area contributed by atoms with E-state index in [4.69, 9.17) is 4.74 Å². The topological polar surface area (TPSA) is 35.9 Å². The number of β-amino-alcohol motifs (C(OH)–C–C–N with tert-alkyl or cyclic N) is 1. The maximum absolute atomic E-state index is 10.4. The molecule has 1 saturated heterocycles. The van der Waals surface area contributed by atoms with Crippen molar-refractivity contribution in [2.75, 3.05) is 44.7 Å². The number of hydrogen-bond acceptors (Lipinski definition) is 4. The van der Waals surface area contributed by atoms with E-state index in [1.807, 2.05) is 25.1 Å². The molecular formula is C17H28N2O2. The summed E-state index contributed by atoms with van der Waals surface area (Å²) in [6.45, 7) is 10.7. The van der Waals surface area contributed by atoms with E-state index >= 15 is 0 Å². The van der Waals surface area contributed by atoms with Gasteiger partial charge in [0.05, 0.1) is 18.4 Å². The summed E-state index contributed by atoms with van der Waals surface area (Å²) >= 11 is 0. The number of aliphatic hydroxyl groups is 1. The monoisotopic (exact) mass is 292 g/mol. The number of rotatable bonds is 5. The van der Waals surface area contributed by atoms with Crippen molar-refractivity contribution < 1.29 is 9.84 Å². The second-order valence-electron chi connectivity index (χ2n) is 6.45. The van der Waals surface area contributed by atoms with Crippen molar-refractivity contribution in [2.45, 2.75) is 26.4 Å². The molecule has 1 aliphatic heterocycles. The smallest absolute Gasteiger partial charge is 0.142 e. The van der Waals surface area contributed by atoms with E-state index in [2.05, 4.69) is 29.7 Å². The first-order valence-electron chi connectivity index (χ1n) is 7.77. The quantitative estimate of drug-likeness (QED) is 0.903. The summed E-state index contributed by atoms with van der Waals surface area (Å²) in [5.74, 6) is 1.20. The molecule has 1 unspecified atom stereocenters. The zero-order valence-electron chi connectivity index (χ0n) is 13.7. The van der Waals surface area contributed by atoms with E-state index in [9.17, 15) is 5.11 Å². The highest BCUT2D eigenvalue weighted by Gasteiger charge is 2.29. The Morgan fingerprint density at radius 2 is 1.81 bits per heavy atom. The maximum Gasteiger partial charge on any atom is 0.142 e. The van der Waals surface area contributed by atoms with Gasteiger partial charge in [0.1, 0.15) is 5.75 Å². The average molecular weight is 292 g/mol. The van der Waals surface area contributed by atoms with Crippen LogP contribution in [-0.2, 0) is 0 Å². The van der Waals surface area contributed by atoms with Crippen LogP contribution in [0.3, 0.4) is 0 Å². The lowest BCUT2D eigenvalue weighted by molar-refractivity contribution is -0.0198. The van der Waals surface area contributed by atoms with Crippen LogP contribution in [0.15, 0.2) is 24.3 Å². The lowest BCUT2D eigenvalue weighted by atomic mass is 9.92. The van der Waals surface area contributed by atoms with Crippen molar-refractivity contribution in [2.24, 2.45) is 5.92 Å². The molecule has 21 heavy (non-hydrogen) atoms. The Balaban J connectivity index is 1.94. The number of hydrogen-bond donors (Lipinski definition) is 1. The zero-order chi connectivity index (χ0) is 15.5. The number of benzene rings is 1. The Morgan fingerprint density at radius 1 is 1.19 bits per heavy atom. The molecule has 118 valence electrons. The van der Waals surface area contributed by atoms with Crippen LogP contribution < -0.4 is 9.64 Å². The van der Waals surface area contributed by atoms with Crippen LogP contribution in [0.25, 0.3) is 0 Å². The van der Waals surface area contributed by atoms with Gasteiger partial charge in [-0.05, 0) is 25.0 Å². The van der Waals surface area contributed by atoms with Gasteiger partial charge in [-0.2, -0.15) is 0 Å². The van der Waals surface area contributed by atoms with Gasteiger partial charge in [0.25, 0.3) is 0 Å². The highest BCUT2D eigenvalue weighted by Crippen LogP contribution is 2.28. The molecule has 4 nitrogen and oxygen atoms in total. The zero-order valence-corrected chi connectivity index (χ0v) is 13.7. The first-order valence-corrected chi connectivity index (χ1v) is 7.77. The Bertz CT molecular complexity index is 452. The molecule has 1 aliphatic rings. The predicted molar refractivity (Wildman–Crippen MR) is 87.1 cm³/mol. The fourth-order valence-corrected chi connectivity index (χ4v) is 2.67. The van der Waals surface area contributed by atoms with Gasteiger partial charge in [0, 0.05) is 32.7 Å². The van der Waals surface area contributed by atoms with Crippen LogP contribution in [0.1, 0.15) is 20.8 Å². The molecule has 2 rings (SSSR count). The number of ether oxygens (including phenoxy) is 1. The molecule has 0 aliphatic carbocycles. The third-order valence-electron chi connectivity index (χ3n) is 4.59. The lowest BCUT2D eigenvalue weighted by Gasteiger charge is -2.40. The van der Waals surface area contributed by atoms with Crippen LogP contribution in [0, 0.1) is 5.92 Å². The van der Waals surface area contributed by atoms with Crippen molar-refractivity contribution in [1.29, 1.82) is 0 Å². The molecule has 1 fully saturated rings. The normalized spacial score (nSPS) is 19.6. The molecule has 1 heterocycles. The van der Waals surface area contributed by atoms with E-state index in [1.54, 1.807) is 7.11 Å². The van der Waals surface area contributed by atoms with E-state index in [0.717, 1.165) is 44.2 Å². The maximum atomic E-state index is 10.4. The molecule has 1 aromatic carbocycles. The molecule has 0 spiro atoms. The number of para-hydroxylation sites is 2. The van der Waals surface area contributed by atoms with Crippen molar-refractivity contribution in [1.82, 2.24) is 4.90 Å². The number of methoxy groups -OCH3 is 1. The van der Waals surface area contributed by atoms with Crippen molar-refractivity contribution >= 4 is 5.69 Å². The van der Waals surface area contributed by atoms with Crippen LogP contribution in [-0.4, -0.2) is 55.4 Å². The van der Waals surface area contributed by atoms with Gasteiger partial charge >= 0.3 is 0 Å². The summed E-state index contributed by atoms with van der Waals surface area (Å²) in [7, 11) is 1.72. The molecule has 1 aromatic rings. The second-order valence-corrected chi connectivity index (χ2v) is 6.45. The number of piperazine rings is 1. The molecule has 0 aromatic heterocycles. The van der Waals surface area contributed by atoms with Gasteiger partial charge in [-0.15, -0.1) is 0 Å². The van der Waals surface area contributed by atoms with Gasteiger partial charge in [0.15, 0.2) is 0 Å². The predicted octanol–water partition coefficient (Wildman–Crippen LogP) is 2.22.